The molecule has 0 fully saturated rings. The summed E-state index contributed by atoms with van der Waals surface area (Å²) in [6.45, 7) is 0.973. The monoisotopic (exact) mass is 489 g/mol. The summed E-state index contributed by atoms with van der Waals surface area (Å²) in [4.78, 5) is 20.6. The first-order chi connectivity index (χ1) is 15.6. The third-order valence-electron chi connectivity index (χ3n) is 4.45. The molecule has 0 aliphatic carbocycles. The highest BCUT2D eigenvalue weighted by atomic mass is 79.9. The zero-order valence-electron chi connectivity index (χ0n) is 17.1. The highest BCUT2D eigenvalue weighted by Gasteiger charge is 2.05. The Morgan fingerprint density at radius 2 is 1.84 bits per heavy atom. The summed E-state index contributed by atoms with van der Waals surface area (Å²) in [6, 6.07) is 21.1. The SMILES string of the molecule is O=C(/C=C/c1ccc(OCc2ccccn2)cc1)Nc1ncn(Cc2ccc(Br)cc2)n1. The summed E-state index contributed by atoms with van der Waals surface area (Å²) >= 11 is 3.42. The van der Waals surface area contributed by atoms with Gasteiger partial charge in [-0.1, -0.05) is 46.3 Å². The maximum atomic E-state index is 12.2. The number of hydrogen-bond acceptors (Lipinski definition) is 5. The summed E-state index contributed by atoms with van der Waals surface area (Å²) < 4.78 is 8.41. The molecule has 2 aromatic heterocycles. The van der Waals surface area contributed by atoms with Gasteiger partial charge in [0.25, 0.3) is 5.91 Å². The molecule has 1 amide bonds. The summed E-state index contributed by atoms with van der Waals surface area (Å²) in [5.41, 5.74) is 2.82. The third-order valence-corrected chi connectivity index (χ3v) is 4.98. The predicted molar refractivity (Wildman–Crippen MR) is 126 cm³/mol. The van der Waals surface area contributed by atoms with Gasteiger partial charge in [0.2, 0.25) is 5.95 Å². The van der Waals surface area contributed by atoms with Gasteiger partial charge >= 0.3 is 0 Å². The van der Waals surface area contributed by atoms with Crippen LogP contribution in [0.1, 0.15) is 16.8 Å². The normalized spacial score (nSPS) is 10.9. The van der Waals surface area contributed by atoms with E-state index in [1.54, 1.807) is 23.3 Å². The summed E-state index contributed by atoms with van der Waals surface area (Å²) in [5, 5.41) is 6.96. The molecular weight excluding hydrogens is 470 g/mol. The molecule has 0 aliphatic heterocycles. The van der Waals surface area contributed by atoms with Gasteiger partial charge in [-0.3, -0.25) is 15.1 Å². The van der Waals surface area contributed by atoms with Gasteiger partial charge in [-0.15, -0.1) is 5.10 Å². The number of hydrogen-bond donors (Lipinski definition) is 1. The van der Waals surface area contributed by atoms with E-state index in [1.165, 1.54) is 6.08 Å². The number of carbonyl (C=O) groups excluding carboxylic acids is 1. The Morgan fingerprint density at radius 3 is 2.59 bits per heavy atom. The predicted octanol–water partition coefficient (Wildman–Crippen LogP) is 4.71. The molecule has 0 bridgehead atoms. The number of anilines is 1. The van der Waals surface area contributed by atoms with Crippen LogP contribution in [0, 0.1) is 0 Å². The molecule has 0 saturated heterocycles. The van der Waals surface area contributed by atoms with Crippen molar-refractivity contribution in [3.05, 3.63) is 107 Å². The van der Waals surface area contributed by atoms with E-state index in [9.17, 15) is 4.79 Å². The molecule has 0 aliphatic rings. The molecule has 4 rings (SSSR count). The quantitative estimate of drug-likeness (QED) is 0.362. The smallest absolute Gasteiger partial charge is 0.250 e. The van der Waals surface area contributed by atoms with E-state index in [0.717, 1.165) is 27.0 Å². The van der Waals surface area contributed by atoms with Crippen molar-refractivity contribution >= 4 is 33.9 Å². The molecule has 0 unspecified atom stereocenters. The van der Waals surface area contributed by atoms with E-state index >= 15 is 0 Å². The zero-order valence-corrected chi connectivity index (χ0v) is 18.6. The van der Waals surface area contributed by atoms with Gasteiger partial charge in [0.1, 0.15) is 18.7 Å². The van der Waals surface area contributed by atoms with Crippen LogP contribution in [-0.4, -0.2) is 25.7 Å². The lowest BCUT2D eigenvalue weighted by Crippen LogP contribution is -2.10. The molecule has 0 atom stereocenters. The van der Waals surface area contributed by atoms with Crippen molar-refractivity contribution in [3.63, 3.8) is 0 Å². The first-order valence-corrected chi connectivity index (χ1v) is 10.7. The van der Waals surface area contributed by atoms with E-state index < -0.39 is 0 Å². The Balaban J connectivity index is 1.27. The van der Waals surface area contributed by atoms with Crippen molar-refractivity contribution in [1.82, 2.24) is 19.7 Å². The van der Waals surface area contributed by atoms with Gasteiger partial charge in [0.05, 0.1) is 12.2 Å². The maximum Gasteiger partial charge on any atom is 0.250 e. The average molecular weight is 490 g/mol. The Labute approximate surface area is 193 Å². The van der Waals surface area contributed by atoms with E-state index in [-0.39, 0.29) is 11.9 Å². The number of nitrogens with one attached hydrogen (secondary N) is 1. The number of carbonyl (C=O) groups is 1. The van der Waals surface area contributed by atoms with Crippen LogP contribution in [0.3, 0.4) is 0 Å². The Morgan fingerprint density at radius 1 is 1.03 bits per heavy atom. The maximum absolute atomic E-state index is 12.2. The number of nitrogens with zero attached hydrogens (tertiary/aromatic N) is 4. The number of benzene rings is 2. The van der Waals surface area contributed by atoms with Gasteiger partial charge in [0.15, 0.2) is 0 Å². The number of halogens is 1. The number of ether oxygens (including phenoxy) is 1. The summed E-state index contributed by atoms with van der Waals surface area (Å²) in [5.74, 6) is 0.690. The Hall–Kier alpha value is -3.78. The third kappa shape index (κ3) is 6.36. The fourth-order valence-electron chi connectivity index (χ4n) is 2.84. The van der Waals surface area contributed by atoms with Gasteiger partial charge in [-0.2, -0.15) is 0 Å². The van der Waals surface area contributed by atoms with Crippen LogP contribution in [0.15, 0.2) is 89.8 Å². The highest BCUT2D eigenvalue weighted by molar-refractivity contribution is 9.10. The molecule has 7 nitrogen and oxygen atoms in total. The molecule has 0 spiro atoms. The Bertz CT molecular complexity index is 1190. The molecule has 160 valence electrons. The lowest BCUT2D eigenvalue weighted by molar-refractivity contribution is -0.111. The van der Waals surface area contributed by atoms with Gasteiger partial charge in [0, 0.05) is 16.7 Å². The minimum absolute atomic E-state index is 0.259. The summed E-state index contributed by atoms with van der Waals surface area (Å²) in [6.07, 6.45) is 6.49. The standard InChI is InChI=1S/C24H20BrN5O2/c25-20-9-4-19(5-10-20)15-30-17-27-24(29-30)28-23(31)13-8-18-6-11-22(12-7-18)32-16-21-3-1-2-14-26-21/h1-14,17H,15-16H2,(H,28,29,31)/b13-8+. The van der Waals surface area contributed by atoms with Crippen LogP contribution in [0.2, 0.25) is 0 Å². The van der Waals surface area contributed by atoms with Crippen molar-refractivity contribution in [2.45, 2.75) is 13.2 Å². The number of amides is 1. The van der Waals surface area contributed by atoms with E-state index in [4.69, 9.17) is 4.74 Å². The lowest BCUT2D eigenvalue weighted by Gasteiger charge is -2.05. The summed E-state index contributed by atoms with van der Waals surface area (Å²) in [7, 11) is 0. The van der Waals surface area contributed by atoms with Crippen LogP contribution in [-0.2, 0) is 17.9 Å². The van der Waals surface area contributed by atoms with Crippen molar-refractivity contribution in [2.24, 2.45) is 0 Å². The second kappa shape index (κ2) is 10.5. The van der Waals surface area contributed by atoms with E-state index in [2.05, 4.69) is 36.3 Å². The van der Waals surface area contributed by atoms with E-state index in [0.29, 0.717) is 13.2 Å². The molecule has 2 aromatic carbocycles. The largest absolute Gasteiger partial charge is 0.487 e. The molecule has 8 heteroatoms. The second-order valence-corrected chi connectivity index (χ2v) is 7.81. The molecule has 1 N–H and O–H groups in total. The minimum Gasteiger partial charge on any atom is -0.487 e. The topological polar surface area (TPSA) is 81.9 Å². The number of rotatable bonds is 8. The van der Waals surface area contributed by atoms with Gasteiger partial charge in [-0.25, -0.2) is 9.67 Å². The lowest BCUT2D eigenvalue weighted by atomic mass is 10.2. The number of aromatic nitrogens is 4. The van der Waals surface area contributed by atoms with E-state index in [1.807, 2.05) is 66.7 Å². The molecule has 0 radical (unpaired) electrons. The number of pyridine rings is 1. The van der Waals surface area contributed by atoms with Crippen LogP contribution < -0.4 is 10.1 Å². The first kappa shape index (κ1) is 21.5. The van der Waals surface area contributed by atoms with Crippen LogP contribution in [0.5, 0.6) is 5.75 Å². The molecule has 32 heavy (non-hydrogen) atoms. The van der Waals surface area contributed by atoms with Gasteiger partial charge in [-0.05, 0) is 53.6 Å². The van der Waals surface area contributed by atoms with Crippen molar-refractivity contribution in [1.29, 1.82) is 0 Å². The van der Waals surface area contributed by atoms with Crippen molar-refractivity contribution in [2.75, 3.05) is 5.32 Å². The minimum atomic E-state index is -0.304. The van der Waals surface area contributed by atoms with Crippen LogP contribution in [0.25, 0.3) is 6.08 Å². The van der Waals surface area contributed by atoms with Crippen LogP contribution >= 0.6 is 15.9 Å². The highest BCUT2D eigenvalue weighted by Crippen LogP contribution is 2.15. The van der Waals surface area contributed by atoms with Crippen LogP contribution in [0.4, 0.5) is 5.95 Å². The fraction of sp³-hybridized carbons (Fsp3) is 0.0833. The first-order valence-electron chi connectivity index (χ1n) is 9.90. The fourth-order valence-corrected chi connectivity index (χ4v) is 3.11. The molecule has 4 aromatic rings. The molecule has 2 heterocycles. The average Bonchev–Trinajstić information content (AvgIpc) is 3.26. The molecular formula is C24H20BrN5O2. The molecule has 0 saturated carbocycles. The zero-order chi connectivity index (χ0) is 22.2. The Kier molecular flexibility index (Phi) is 7.04. The van der Waals surface area contributed by atoms with Gasteiger partial charge < -0.3 is 4.74 Å². The van der Waals surface area contributed by atoms with Crippen molar-refractivity contribution in [3.8, 4) is 5.75 Å². The van der Waals surface area contributed by atoms with Crippen molar-refractivity contribution < 1.29 is 9.53 Å². The second-order valence-electron chi connectivity index (χ2n) is 6.89.